The number of amides is 1. The third kappa shape index (κ3) is 4.95. The SMILES string of the molecule is CCN(CC)C(CNC(=O)c1ccc(OC)nc1)c1cccc(OC)c1. The van der Waals surface area contributed by atoms with Crippen molar-refractivity contribution in [2.24, 2.45) is 0 Å². The minimum absolute atomic E-state index is 0.0651. The van der Waals surface area contributed by atoms with E-state index in [2.05, 4.69) is 35.1 Å². The van der Waals surface area contributed by atoms with Crippen molar-refractivity contribution in [3.05, 3.63) is 53.7 Å². The van der Waals surface area contributed by atoms with Crippen molar-refractivity contribution < 1.29 is 14.3 Å². The predicted molar refractivity (Wildman–Crippen MR) is 102 cm³/mol. The van der Waals surface area contributed by atoms with Gasteiger partial charge in [-0.3, -0.25) is 9.69 Å². The maximum Gasteiger partial charge on any atom is 0.252 e. The second-order valence-corrected chi connectivity index (χ2v) is 5.81. The number of carbonyl (C=O) groups excluding carboxylic acids is 1. The fraction of sp³-hybridized carbons (Fsp3) is 0.400. The molecule has 1 N–H and O–H groups in total. The van der Waals surface area contributed by atoms with Gasteiger partial charge in [0.1, 0.15) is 5.75 Å². The Hall–Kier alpha value is -2.60. The van der Waals surface area contributed by atoms with Gasteiger partial charge in [-0.25, -0.2) is 4.98 Å². The zero-order valence-electron chi connectivity index (χ0n) is 15.9. The minimum Gasteiger partial charge on any atom is -0.497 e. The maximum atomic E-state index is 12.5. The Morgan fingerprint density at radius 1 is 1.15 bits per heavy atom. The summed E-state index contributed by atoms with van der Waals surface area (Å²) >= 11 is 0. The molecule has 6 nitrogen and oxygen atoms in total. The Kier molecular flexibility index (Phi) is 7.41. The lowest BCUT2D eigenvalue weighted by Crippen LogP contribution is -2.38. The Morgan fingerprint density at radius 2 is 1.92 bits per heavy atom. The molecule has 1 heterocycles. The number of methoxy groups -OCH3 is 2. The summed E-state index contributed by atoms with van der Waals surface area (Å²) in [7, 11) is 3.20. The van der Waals surface area contributed by atoms with E-state index in [9.17, 15) is 4.79 Å². The molecule has 0 bridgehead atoms. The van der Waals surface area contributed by atoms with Crippen LogP contribution in [0, 0.1) is 0 Å². The fourth-order valence-corrected chi connectivity index (χ4v) is 2.90. The summed E-state index contributed by atoms with van der Waals surface area (Å²) in [6.07, 6.45) is 1.52. The normalized spacial score (nSPS) is 11.9. The number of rotatable bonds is 9. The van der Waals surface area contributed by atoms with Gasteiger partial charge in [0.25, 0.3) is 5.91 Å². The number of hydrogen-bond acceptors (Lipinski definition) is 5. The van der Waals surface area contributed by atoms with Crippen LogP contribution in [-0.4, -0.2) is 49.6 Å². The van der Waals surface area contributed by atoms with Crippen molar-refractivity contribution in [1.29, 1.82) is 0 Å². The molecule has 0 radical (unpaired) electrons. The Bertz CT molecular complexity index is 700. The van der Waals surface area contributed by atoms with E-state index < -0.39 is 0 Å². The van der Waals surface area contributed by atoms with E-state index in [1.54, 1.807) is 26.4 Å². The largest absolute Gasteiger partial charge is 0.497 e. The molecule has 1 amide bonds. The highest BCUT2D eigenvalue weighted by Crippen LogP contribution is 2.24. The van der Waals surface area contributed by atoms with Gasteiger partial charge in [0.05, 0.1) is 25.8 Å². The first-order chi connectivity index (χ1) is 12.6. The molecule has 1 unspecified atom stereocenters. The van der Waals surface area contributed by atoms with Gasteiger partial charge in [0, 0.05) is 18.8 Å². The van der Waals surface area contributed by atoms with Crippen LogP contribution in [-0.2, 0) is 0 Å². The van der Waals surface area contributed by atoms with Gasteiger partial charge in [-0.15, -0.1) is 0 Å². The first-order valence-corrected chi connectivity index (χ1v) is 8.79. The molecular formula is C20H27N3O3. The molecule has 0 aliphatic carbocycles. The van der Waals surface area contributed by atoms with E-state index in [4.69, 9.17) is 9.47 Å². The Morgan fingerprint density at radius 3 is 2.50 bits per heavy atom. The van der Waals surface area contributed by atoms with E-state index in [0.29, 0.717) is 18.0 Å². The summed E-state index contributed by atoms with van der Waals surface area (Å²) in [5.41, 5.74) is 1.62. The van der Waals surface area contributed by atoms with Gasteiger partial charge in [-0.2, -0.15) is 0 Å². The quantitative estimate of drug-likeness (QED) is 0.748. The molecule has 0 saturated carbocycles. The zero-order valence-corrected chi connectivity index (χ0v) is 15.9. The molecule has 0 aliphatic heterocycles. The standard InChI is InChI=1S/C20H27N3O3/c1-5-23(6-2)18(15-8-7-9-17(12-15)25-3)14-22-20(24)16-10-11-19(26-4)21-13-16/h7-13,18H,5-6,14H2,1-4H3,(H,22,24). The molecule has 0 spiro atoms. The van der Waals surface area contributed by atoms with Gasteiger partial charge in [-0.05, 0) is 36.9 Å². The van der Waals surface area contributed by atoms with Gasteiger partial charge in [-0.1, -0.05) is 26.0 Å². The van der Waals surface area contributed by atoms with Gasteiger partial charge >= 0.3 is 0 Å². The van der Waals surface area contributed by atoms with E-state index in [0.717, 1.165) is 24.4 Å². The number of likely N-dealkylation sites (N-methyl/N-ethyl adjacent to an activating group) is 1. The van der Waals surface area contributed by atoms with Crippen LogP contribution >= 0.6 is 0 Å². The number of hydrogen-bond donors (Lipinski definition) is 1. The molecule has 0 aliphatic rings. The highest BCUT2D eigenvalue weighted by molar-refractivity contribution is 5.93. The zero-order chi connectivity index (χ0) is 18.9. The third-order valence-corrected chi connectivity index (χ3v) is 4.40. The highest BCUT2D eigenvalue weighted by atomic mass is 16.5. The molecule has 6 heteroatoms. The van der Waals surface area contributed by atoms with Crippen LogP contribution in [0.15, 0.2) is 42.6 Å². The number of pyridine rings is 1. The summed E-state index contributed by atoms with van der Waals surface area (Å²) < 4.78 is 10.4. The van der Waals surface area contributed by atoms with Crippen molar-refractivity contribution in [1.82, 2.24) is 15.2 Å². The summed E-state index contributed by atoms with van der Waals surface area (Å²) in [5.74, 6) is 1.14. The average Bonchev–Trinajstić information content (AvgIpc) is 2.71. The molecule has 26 heavy (non-hydrogen) atoms. The number of nitrogens with zero attached hydrogens (tertiary/aromatic N) is 2. The number of ether oxygens (including phenoxy) is 2. The lowest BCUT2D eigenvalue weighted by atomic mass is 10.0. The molecular weight excluding hydrogens is 330 g/mol. The van der Waals surface area contributed by atoms with Crippen molar-refractivity contribution in [3.63, 3.8) is 0 Å². The molecule has 140 valence electrons. The minimum atomic E-state index is -0.153. The fourth-order valence-electron chi connectivity index (χ4n) is 2.90. The predicted octanol–water partition coefficient (Wildman–Crippen LogP) is 2.91. The van der Waals surface area contributed by atoms with Crippen molar-refractivity contribution in [2.75, 3.05) is 33.9 Å². The second-order valence-electron chi connectivity index (χ2n) is 5.81. The van der Waals surface area contributed by atoms with Crippen LogP contribution in [0.5, 0.6) is 11.6 Å². The van der Waals surface area contributed by atoms with E-state index in [1.807, 2.05) is 18.2 Å². The molecule has 1 aromatic heterocycles. The van der Waals surface area contributed by atoms with E-state index in [1.165, 1.54) is 6.20 Å². The van der Waals surface area contributed by atoms with Crippen molar-refractivity contribution in [3.8, 4) is 11.6 Å². The van der Waals surface area contributed by atoms with Gasteiger partial charge in [0.2, 0.25) is 5.88 Å². The number of aromatic nitrogens is 1. The number of nitrogens with one attached hydrogen (secondary N) is 1. The topological polar surface area (TPSA) is 63.7 Å². The molecule has 0 fully saturated rings. The summed E-state index contributed by atoms with van der Waals surface area (Å²) in [6.45, 7) is 6.51. The first-order valence-electron chi connectivity index (χ1n) is 8.79. The van der Waals surface area contributed by atoms with E-state index >= 15 is 0 Å². The molecule has 0 saturated heterocycles. The van der Waals surface area contributed by atoms with Gasteiger partial charge in [0.15, 0.2) is 0 Å². The lowest BCUT2D eigenvalue weighted by Gasteiger charge is -2.30. The molecule has 2 rings (SSSR count). The van der Waals surface area contributed by atoms with Crippen molar-refractivity contribution in [2.45, 2.75) is 19.9 Å². The first kappa shape index (κ1) is 19.7. The van der Waals surface area contributed by atoms with Crippen molar-refractivity contribution >= 4 is 5.91 Å². The van der Waals surface area contributed by atoms with Crippen LogP contribution in [0.25, 0.3) is 0 Å². The van der Waals surface area contributed by atoms with Crippen LogP contribution < -0.4 is 14.8 Å². The smallest absolute Gasteiger partial charge is 0.252 e. The van der Waals surface area contributed by atoms with Crippen LogP contribution in [0.4, 0.5) is 0 Å². The Balaban J connectivity index is 2.14. The molecule has 1 aromatic carbocycles. The van der Waals surface area contributed by atoms with Crippen LogP contribution in [0.2, 0.25) is 0 Å². The maximum absolute atomic E-state index is 12.5. The summed E-state index contributed by atoms with van der Waals surface area (Å²) in [6, 6.07) is 11.4. The average molecular weight is 357 g/mol. The second kappa shape index (κ2) is 9.77. The number of carbonyl (C=O) groups is 1. The Labute approximate surface area is 155 Å². The number of benzene rings is 1. The monoisotopic (exact) mass is 357 g/mol. The molecule has 2 aromatic rings. The van der Waals surface area contributed by atoms with Crippen LogP contribution in [0.3, 0.4) is 0 Å². The lowest BCUT2D eigenvalue weighted by molar-refractivity contribution is 0.0934. The summed E-state index contributed by atoms with van der Waals surface area (Å²) in [4.78, 5) is 18.9. The third-order valence-electron chi connectivity index (χ3n) is 4.40. The molecule has 1 atom stereocenters. The summed E-state index contributed by atoms with van der Waals surface area (Å²) in [5, 5.41) is 3.02. The van der Waals surface area contributed by atoms with Gasteiger partial charge < -0.3 is 14.8 Å². The highest BCUT2D eigenvalue weighted by Gasteiger charge is 2.20. The van der Waals surface area contributed by atoms with Crippen LogP contribution in [0.1, 0.15) is 35.8 Å². The van der Waals surface area contributed by atoms with E-state index in [-0.39, 0.29) is 11.9 Å².